The number of rotatable bonds is 3. The molecular formula is C12H10BClF2N2O2S. The maximum atomic E-state index is 13.4. The van der Waals surface area contributed by atoms with Crippen LogP contribution < -0.4 is 10.2 Å². The van der Waals surface area contributed by atoms with Crippen LogP contribution in [0, 0.1) is 18.6 Å². The summed E-state index contributed by atoms with van der Waals surface area (Å²) in [7, 11) is -2.34. The second-order valence-corrected chi connectivity index (χ2v) is 6.41. The summed E-state index contributed by atoms with van der Waals surface area (Å²) in [5.74, 6) is -2.56. The summed E-state index contributed by atoms with van der Waals surface area (Å²) in [6.07, 6.45) is 0. The molecule has 1 heterocycles. The zero-order chi connectivity index (χ0) is 15.8. The Bertz CT molecular complexity index is 815. The van der Waals surface area contributed by atoms with Crippen LogP contribution in [0.4, 0.5) is 14.6 Å². The zero-order valence-electron chi connectivity index (χ0n) is 11.1. The van der Waals surface area contributed by atoms with Crippen molar-refractivity contribution in [1.29, 1.82) is 0 Å². The van der Waals surface area contributed by atoms with Crippen molar-refractivity contribution < 1.29 is 17.2 Å². The summed E-state index contributed by atoms with van der Waals surface area (Å²) in [6, 6.07) is 4.74. The van der Waals surface area contributed by atoms with Crippen LogP contribution >= 0.6 is 11.6 Å². The molecule has 1 N–H and O–H groups in total. The number of hydrogen-bond acceptors (Lipinski definition) is 3. The number of benzene rings is 1. The van der Waals surface area contributed by atoms with E-state index in [-0.39, 0.29) is 5.82 Å². The second kappa shape index (κ2) is 5.61. The summed E-state index contributed by atoms with van der Waals surface area (Å²) in [4.78, 5) is 3.50. The molecule has 0 atom stereocenters. The molecule has 0 fully saturated rings. The highest BCUT2D eigenvalue weighted by atomic mass is 35.5. The molecule has 9 heteroatoms. The van der Waals surface area contributed by atoms with Crippen LogP contribution in [-0.4, -0.2) is 21.2 Å². The molecule has 0 aliphatic heterocycles. The number of halogens is 3. The van der Waals surface area contributed by atoms with Crippen molar-refractivity contribution >= 4 is 40.8 Å². The normalized spacial score (nSPS) is 11.4. The number of nitrogens with zero attached hydrogens (tertiary/aromatic N) is 1. The van der Waals surface area contributed by atoms with Crippen molar-refractivity contribution in [2.75, 3.05) is 4.72 Å². The standard InChI is InChI=1S/C12H10BClF2N2O2S/c1-6-7(13)2-5-10(17-6)18-21(19,20)9-4-3-8(15)12(16)11(9)14/h2-5H,13H2,1H3,(H,17,18). The molecule has 4 nitrogen and oxygen atoms in total. The van der Waals surface area contributed by atoms with E-state index in [0.717, 1.165) is 11.5 Å². The number of anilines is 1. The van der Waals surface area contributed by atoms with Gasteiger partial charge in [-0.3, -0.25) is 4.72 Å². The largest absolute Gasteiger partial charge is 0.264 e. The SMILES string of the molecule is Bc1ccc(NS(=O)(=O)c2ccc(F)c(F)c2Cl)nc1C. The number of nitrogens with one attached hydrogen (secondary N) is 1. The molecule has 21 heavy (non-hydrogen) atoms. The minimum absolute atomic E-state index is 0.0684. The summed E-state index contributed by atoms with van der Waals surface area (Å²) >= 11 is 5.55. The zero-order valence-corrected chi connectivity index (χ0v) is 12.7. The third-order valence-corrected chi connectivity index (χ3v) is 4.76. The molecule has 1 aromatic heterocycles. The summed E-state index contributed by atoms with van der Waals surface area (Å²) in [6.45, 7) is 1.72. The third-order valence-electron chi connectivity index (χ3n) is 2.88. The van der Waals surface area contributed by atoms with E-state index in [0.29, 0.717) is 11.8 Å². The first-order valence-corrected chi connectivity index (χ1v) is 7.69. The maximum absolute atomic E-state index is 13.4. The second-order valence-electron chi connectivity index (χ2n) is 4.38. The predicted molar refractivity (Wildman–Crippen MR) is 79.3 cm³/mol. The van der Waals surface area contributed by atoms with Gasteiger partial charge in [-0.1, -0.05) is 23.1 Å². The number of pyridine rings is 1. The highest BCUT2D eigenvalue weighted by Gasteiger charge is 2.23. The van der Waals surface area contributed by atoms with Gasteiger partial charge in [0.2, 0.25) is 0 Å². The van der Waals surface area contributed by atoms with Gasteiger partial charge < -0.3 is 0 Å². The molecule has 0 aliphatic carbocycles. The molecule has 110 valence electrons. The van der Waals surface area contributed by atoms with Crippen LogP contribution in [0.25, 0.3) is 0 Å². The number of hydrogen-bond donors (Lipinski definition) is 1. The van der Waals surface area contributed by atoms with E-state index >= 15 is 0 Å². The molecular weight excluding hydrogens is 320 g/mol. The van der Waals surface area contributed by atoms with Gasteiger partial charge in [0.25, 0.3) is 10.0 Å². The molecule has 0 saturated carbocycles. The third kappa shape index (κ3) is 3.16. The van der Waals surface area contributed by atoms with Gasteiger partial charge in [-0.05, 0) is 25.1 Å². The fraction of sp³-hybridized carbons (Fsp3) is 0.0833. The Labute approximate surface area is 126 Å². The molecule has 1 aromatic carbocycles. The lowest BCUT2D eigenvalue weighted by atomic mass is 9.95. The predicted octanol–water partition coefficient (Wildman–Crippen LogP) is 1.38. The van der Waals surface area contributed by atoms with Gasteiger partial charge in [0.1, 0.15) is 18.6 Å². The van der Waals surface area contributed by atoms with Crippen LogP contribution in [0.5, 0.6) is 0 Å². The van der Waals surface area contributed by atoms with Crippen LogP contribution in [-0.2, 0) is 10.0 Å². The first-order valence-electron chi connectivity index (χ1n) is 5.83. The Morgan fingerprint density at radius 1 is 1.24 bits per heavy atom. The van der Waals surface area contributed by atoms with Crippen molar-refractivity contribution in [3.8, 4) is 0 Å². The Morgan fingerprint density at radius 2 is 1.90 bits per heavy atom. The van der Waals surface area contributed by atoms with Gasteiger partial charge in [-0.25, -0.2) is 22.2 Å². The lowest BCUT2D eigenvalue weighted by Crippen LogP contribution is -2.17. The summed E-state index contributed by atoms with van der Waals surface area (Å²) in [5, 5.41) is -0.800. The lowest BCUT2D eigenvalue weighted by Gasteiger charge is -2.10. The van der Waals surface area contributed by atoms with E-state index in [1.54, 1.807) is 13.0 Å². The Hall–Kier alpha value is -1.67. The van der Waals surface area contributed by atoms with E-state index in [2.05, 4.69) is 9.71 Å². The highest BCUT2D eigenvalue weighted by Crippen LogP contribution is 2.27. The molecule has 0 spiro atoms. The van der Waals surface area contributed by atoms with E-state index in [1.807, 2.05) is 7.85 Å². The number of aryl methyl sites for hydroxylation is 1. The highest BCUT2D eigenvalue weighted by molar-refractivity contribution is 7.92. The molecule has 0 bridgehead atoms. The quantitative estimate of drug-likeness (QED) is 0.683. The topological polar surface area (TPSA) is 59.1 Å². The summed E-state index contributed by atoms with van der Waals surface area (Å²) in [5.41, 5.74) is 1.54. The fourth-order valence-corrected chi connectivity index (χ4v) is 3.13. The van der Waals surface area contributed by atoms with Crippen LogP contribution in [0.15, 0.2) is 29.2 Å². The number of sulfonamides is 1. The van der Waals surface area contributed by atoms with Crippen LogP contribution in [0.1, 0.15) is 5.69 Å². The average Bonchev–Trinajstić information content (AvgIpc) is 2.39. The molecule has 0 amide bonds. The van der Waals surface area contributed by atoms with E-state index in [4.69, 9.17) is 11.6 Å². The Morgan fingerprint density at radius 3 is 2.52 bits per heavy atom. The average molecular weight is 331 g/mol. The lowest BCUT2D eigenvalue weighted by molar-refractivity contribution is 0.505. The fourth-order valence-electron chi connectivity index (χ4n) is 1.60. The molecule has 2 aromatic rings. The molecule has 0 saturated heterocycles. The van der Waals surface area contributed by atoms with Crippen molar-refractivity contribution in [2.24, 2.45) is 0 Å². The van der Waals surface area contributed by atoms with Crippen molar-refractivity contribution in [3.63, 3.8) is 0 Å². The maximum Gasteiger partial charge on any atom is 0.264 e. The van der Waals surface area contributed by atoms with E-state index in [9.17, 15) is 17.2 Å². The van der Waals surface area contributed by atoms with Crippen molar-refractivity contribution in [1.82, 2.24) is 4.98 Å². The summed E-state index contributed by atoms with van der Waals surface area (Å²) < 4.78 is 52.8. The molecule has 0 aliphatic rings. The number of aromatic nitrogens is 1. The first kappa shape index (κ1) is 15.7. The van der Waals surface area contributed by atoms with Crippen LogP contribution in [0.2, 0.25) is 5.02 Å². The smallest absolute Gasteiger partial charge is 0.263 e. The van der Waals surface area contributed by atoms with Gasteiger partial charge in [-0.15, -0.1) is 0 Å². The Balaban J connectivity index is 2.43. The molecule has 0 radical (unpaired) electrons. The van der Waals surface area contributed by atoms with E-state index in [1.165, 1.54) is 6.07 Å². The van der Waals surface area contributed by atoms with Crippen molar-refractivity contribution in [2.45, 2.75) is 11.8 Å². The Kier molecular flexibility index (Phi) is 4.20. The van der Waals surface area contributed by atoms with E-state index < -0.39 is 31.6 Å². The van der Waals surface area contributed by atoms with Gasteiger partial charge in [-0.2, -0.15) is 0 Å². The van der Waals surface area contributed by atoms with Gasteiger partial charge in [0, 0.05) is 5.69 Å². The minimum atomic E-state index is -4.16. The van der Waals surface area contributed by atoms with Gasteiger partial charge >= 0.3 is 0 Å². The monoisotopic (exact) mass is 330 g/mol. The minimum Gasteiger partial charge on any atom is -0.263 e. The molecule has 0 unspecified atom stereocenters. The van der Waals surface area contributed by atoms with Gasteiger partial charge in [0.15, 0.2) is 11.6 Å². The van der Waals surface area contributed by atoms with Gasteiger partial charge in [0.05, 0.1) is 5.02 Å². The first-order chi connectivity index (χ1) is 9.72. The van der Waals surface area contributed by atoms with Crippen LogP contribution in [0.3, 0.4) is 0 Å². The van der Waals surface area contributed by atoms with Crippen molar-refractivity contribution in [3.05, 3.63) is 46.6 Å². The molecule has 2 rings (SSSR count).